The minimum atomic E-state index is 0.450. The van der Waals surface area contributed by atoms with E-state index in [1.807, 2.05) is 0 Å². The molecule has 1 N–H and O–H groups in total. The summed E-state index contributed by atoms with van der Waals surface area (Å²) in [6, 6.07) is 0. The Labute approximate surface area is 92.5 Å². The van der Waals surface area contributed by atoms with Gasteiger partial charge in [0.1, 0.15) is 0 Å². The molecular formula is C12H22N2O. The number of ether oxygens (including phenoxy) is 1. The average Bonchev–Trinajstić information content (AvgIpc) is 2.81. The van der Waals surface area contributed by atoms with Crippen LogP contribution in [0.15, 0.2) is 12.3 Å². The highest BCUT2D eigenvalue weighted by molar-refractivity contribution is 4.96. The molecule has 86 valence electrons. The van der Waals surface area contributed by atoms with Gasteiger partial charge in [-0.3, -0.25) is 0 Å². The lowest BCUT2D eigenvalue weighted by atomic mass is 10.1. The Kier molecular flexibility index (Phi) is 4.03. The lowest BCUT2D eigenvalue weighted by Crippen LogP contribution is -2.33. The van der Waals surface area contributed by atoms with Crippen LogP contribution in [0.5, 0.6) is 0 Å². The molecule has 2 fully saturated rings. The Morgan fingerprint density at radius 2 is 1.93 bits per heavy atom. The maximum absolute atomic E-state index is 5.88. The van der Waals surface area contributed by atoms with Crippen LogP contribution in [0.1, 0.15) is 25.7 Å². The van der Waals surface area contributed by atoms with Crippen LogP contribution in [-0.4, -0.2) is 43.8 Å². The highest BCUT2D eigenvalue weighted by Gasteiger charge is 2.16. The highest BCUT2D eigenvalue weighted by atomic mass is 16.5. The number of nitrogens with zero attached hydrogens (tertiary/aromatic N) is 1. The monoisotopic (exact) mass is 210 g/mol. The van der Waals surface area contributed by atoms with Crippen molar-refractivity contribution in [3.63, 3.8) is 0 Å². The van der Waals surface area contributed by atoms with Gasteiger partial charge in [-0.15, -0.1) is 0 Å². The molecule has 0 aliphatic carbocycles. The molecular weight excluding hydrogens is 188 g/mol. The molecule has 0 saturated carbocycles. The summed E-state index contributed by atoms with van der Waals surface area (Å²) in [4.78, 5) is 2.36. The van der Waals surface area contributed by atoms with Gasteiger partial charge in [0.2, 0.25) is 0 Å². The third kappa shape index (κ3) is 3.21. The highest BCUT2D eigenvalue weighted by Crippen LogP contribution is 2.15. The first-order chi connectivity index (χ1) is 7.36. The molecule has 2 heterocycles. The fourth-order valence-electron chi connectivity index (χ4n) is 2.30. The number of rotatable bonds is 4. The fourth-order valence-corrected chi connectivity index (χ4v) is 2.30. The van der Waals surface area contributed by atoms with Crippen LogP contribution in [0.3, 0.4) is 0 Å². The maximum atomic E-state index is 5.88. The first kappa shape index (κ1) is 11.0. The van der Waals surface area contributed by atoms with Crippen LogP contribution in [-0.2, 0) is 4.74 Å². The largest absolute Gasteiger partial charge is 0.373 e. The molecule has 0 aromatic rings. The summed E-state index contributed by atoms with van der Waals surface area (Å²) in [6.07, 6.45) is 5.37. The molecule has 0 spiro atoms. The minimum Gasteiger partial charge on any atom is -0.373 e. The molecule has 0 aromatic carbocycles. The predicted octanol–water partition coefficient (Wildman–Crippen LogP) is 1.36. The standard InChI is InChI=1S/C12H22N2O/c1-11(14-8-2-3-9-14)10-15-12-4-6-13-7-5-12/h12-13H,1-10H2. The Balaban J connectivity index is 1.65. The summed E-state index contributed by atoms with van der Waals surface area (Å²) in [5.74, 6) is 0. The van der Waals surface area contributed by atoms with Gasteiger partial charge in [0, 0.05) is 18.8 Å². The zero-order chi connectivity index (χ0) is 10.5. The zero-order valence-electron chi connectivity index (χ0n) is 9.50. The molecule has 3 heteroatoms. The summed E-state index contributed by atoms with van der Waals surface area (Å²) >= 11 is 0. The SMILES string of the molecule is C=C(COC1CCNCC1)N1CCCC1. The van der Waals surface area contributed by atoms with Crippen LogP contribution in [0, 0.1) is 0 Å². The molecule has 2 aliphatic heterocycles. The van der Waals surface area contributed by atoms with Crippen molar-refractivity contribution >= 4 is 0 Å². The van der Waals surface area contributed by atoms with E-state index in [1.165, 1.54) is 31.6 Å². The van der Waals surface area contributed by atoms with Gasteiger partial charge in [0.15, 0.2) is 0 Å². The lowest BCUT2D eigenvalue weighted by molar-refractivity contribution is 0.0387. The van der Waals surface area contributed by atoms with E-state index in [1.54, 1.807) is 0 Å². The lowest BCUT2D eigenvalue weighted by Gasteiger charge is -2.26. The molecule has 2 rings (SSSR count). The number of hydrogen-bond donors (Lipinski definition) is 1. The van der Waals surface area contributed by atoms with Crippen molar-refractivity contribution in [3.05, 3.63) is 12.3 Å². The molecule has 0 aromatic heterocycles. The van der Waals surface area contributed by atoms with Gasteiger partial charge in [-0.2, -0.15) is 0 Å². The van der Waals surface area contributed by atoms with Crippen LogP contribution in [0.25, 0.3) is 0 Å². The average molecular weight is 210 g/mol. The number of nitrogens with one attached hydrogen (secondary N) is 1. The second kappa shape index (κ2) is 5.52. The third-order valence-electron chi connectivity index (χ3n) is 3.33. The van der Waals surface area contributed by atoms with Crippen molar-refractivity contribution < 1.29 is 4.74 Å². The Morgan fingerprint density at radius 1 is 1.27 bits per heavy atom. The summed E-state index contributed by atoms with van der Waals surface area (Å²) in [6.45, 7) is 9.38. The van der Waals surface area contributed by atoms with Gasteiger partial charge < -0.3 is 15.0 Å². The van der Waals surface area contributed by atoms with Gasteiger partial charge in [-0.25, -0.2) is 0 Å². The quantitative estimate of drug-likeness (QED) is 0.758. The molecule has 0 amide bonds. The Morgan fingerprint density at radius 3 is 2.60 bits per heavy atom. The van der Waals surface area contributed by atoms with E-state index in [9.17, 15) is 0 Å². The molecule has 2 aliphatic rings. The molecule has 15 heavy (non-hydrogen) atoms. The van der Waals surface area contributed by atoms with Crippen LogP contribution in [0.2, 0.25) is 0 Å². The van der Waals surface area contributed by atoms with Crippen molar-refractivity contribution in [1.29, 1.82) is 0 Å². The van der Waals surface area contributed by atoms with Crippen LogP contribution in [0.4, 0.5) is 0 Å². The van der Waals surface area contributed by atoms with Crippen molar-refractivity contribution in [2.24, 2.45) is 0 Å². The van der Waals surface area contributed by atoms with Gasteiger partial charge in [0.05, 0.1) is 12.7 Å². The minimum absolute atomic E-state index is 0.450. The van der Waals surface area contributed by atoms with Gasteiger partial charge >= 0.3 is 0 Å². The molecule has 3 nitrogen and oxygen atoms in total. The zero-order valence-corrected chi connectivity index (χ0v) is 9.50. The van der Waals surface area contributed by atoms with Gasteiger partial charge in [0.25, 0.3) is 0 Å². The van der Waals surface area contributed by atoms with Crippen LogP contribution >= 0.6 is 0 Å². The summed E-state index contributed by atoms with van der Waals surface area (Å²) in [7, 11) is 0. The second-order valence-electron chi connectivity index (χ2n) is 4.52. The van der Waals surface area contributed by atoms with Crippen LogP contribution < -0.4 is 5.32 Å². The first-order valence-corrected chi connectivity index (χ1v) is 6.11. The topological polar surface area (TPSA) is 24.5 Å². The van der Waals surface area contributed by atoms with Gasteiger partial charge in [-0.05, 0) is 38.8 Å². The molecule has 0 atom stereocenters. The van der Waals surface area contributed by atoms with E-state index in [4.69, 9.17) is 4.74 Å². The fraction of sp³-hybridized carbons (Fsp3) is 0.833. The van der Waals surface area contributed by atoms with Crippen molar-refractivity contribution in [3.8, 4) is 0 Å². The maximum Gasteiger partial charge on any atom is 0.0862 e. The van der Waals surface area contributed by atoms with Crippen molar-refractivity contribution in [1.82, 2.24) is 10.2 Å². The van der Waals surface area contributed by atoms with Crippen molar-refractivity contribution in [2.75, 3.05) is 32.8 Å². The second-order valence-corrected chi connectivity index (χ2v) is 4.52. The Bertz CT molecular complexity index is 206. The normalized spacial score (nSPS) is 23.3. The molecule has 0 radical (unpaired) electrons. The number of hydrogen-bond acceptors (Lipinski definition) is 3. The molecule has 0 unspecified atom stereocenters. The smallest absolute Gasteiger partial charge is 0.0862 e. The summed E-state index contributed by atoms with van der Waals surface area (Å²) < 4.78 is 5.88. The van der Waals surface area contributed by atoms with E-state index in [0.29, 0.717) is 6.10 Å². The van der Waals surface area contributed by atoms with Gasteiger partial charge in [-0.1, -0.05) is 6.58 Å². The number of likely N-dealkylation sites (tertiary alicyclic amines) is 1. The summed E-state index contributed by atoms with van der Waals surface area (Å²) in [5.41, 5.74) is 1.17. The molecule has 0 bridgehead atoms. The predicted molar refractivity (Wildman–Crippen MR) is 61.8 cm³/mol. The van der Waals surface area contributed by atoms with E-state index < -0.39 is 0 Å². The first-order valence-electron chi connectivity index (χ1n) is 6.11. The molecule has 2 saturated heterocycles. The van der Waals surface area contributed by atoms with E-state index in [-0.39, 0.29) is 0 Å². The summed E-state index contributed by atoms with van der Waals surface area (Å²) in [5, 5.41) is 3.34. The third-order valence-corrected chi connectivity index (χ3v) is 3.33. The van der Waals surface area contributed by atoms with Crippen molar-refractivity contribution in [2.45, 2.75) is 31.8 Å². The van der Waals surface area contributed by atoms with E-state index >= 15 is 0 Å². The van der Waals surface area contributed by atoms with E-state index in [2.05, 4.69) is 16.8 Å². The van der Waals surface area contributed by atoms with E-state index in [0.717, 1.165) is 32.5 Å². The Hall–Kier alpha value is -0.540. The number of piperidine rings is 1.